The Kier molecular flexibility index (Phi) is 4.63. The van der Waals surface area contributed by atoms with Crippen molar-refractivity contribution in [2.75, 3.05) is 11.9 Å². The second-order valence-electron chi connectivity index (χ2n) is 4.86. The summed E-state index contributed by atoms with van der Waals surface area (Å²) >= 11 is 1.38. The molecule has 0 spiro atoms. The Morgan fingerprint density at radius 1 is 1.04 bits per heavy atom. The van der Waals surface area contributed by atoms with Crippen molar-refractivity contribution in [3.63, 3.8) is 0 Å². The molecule has 2 aromatic carbocycles. The average molecular weight is 326 g/mol. The lowest BCUT2D eigenvalue weighted by Gasteiger charge is -2.04. The Labute approximate surface area is 136 Å². The Balaban J connectivity index is 1.50. The first kappa shape index (κ1) is 15.2. The van der Waals surface area contributed by atoms with Crippen molar-refractivity contribution in [2.24, 2.45) is 0 Å². The fourth-order valence-corrected chi connectivity index (χ4v) is 2.92. The maximum atomic E-state index is 11.8. The second kappa shape index (κ2) is 7.02. The minimum absolute atomic E-state index is 0.148. The van der Waals surface area contributed by atoms with Gasteiger partial charge in [-0.15, -0.1) is 0 Å². The number of benzene rings is 2. The van der Waals surface area contributed by atoms with Crippen LogP contribution in [0.2, 0.25) is 0 Å². The standard InChI is InChI=1S/C17H14N2O3S/c20-15(11-22-16(21)10-12-6-2-1-3-7-12)19-17-18-13-8-4-5-9-14(13)23-17/h1-9H,10-11H2,(H,18,19,20). The van der Waals surface area contributed by atoms with E-state index in [1.807, 2.05) is 54.6 Å². The zero-order valence-corrected chi connectivity index (χ0v) is 13.0. The van der Waals surface area contributed by atoms with Crippen LogP contribution in [0.3, 0.4) is 0 Å². The number of thiazole rings is 1. The molecule has 0 fully saturated rings. The van der Waals surface area contributed by atoms with Crippen LogP contribution in [0.1, 0.15) is 5.56 Å². The van der Waals surface area contributed by atoms with Crippen molar-refractivity contribution < 1.29 is 14.3 Å². The highest BCUT2D eigenvalue weighted by atomic mass is 32.1. The van der Waals surface area contributed by atoms with E-state index in [0.717, 1.165) is 15.8 Å². The topological polar surface area (TPSA) is 68.3 Å². The van der Waals surface area contributed by atoms with Crippen molar-refractivity contribution in [1.29, 1.82) is 0 Å². The number of aromatic nitrogens is 1. The molecule has 116 valence electrons. The molecule has 3 aromatic rings. The summed E-state index contributed by atoms with van der Waals surface area (Å²) in [6.45, 7) is -0.318. The van der Waals surface area contributed by atoms with Gasteiger partial charge in [-0.3, -0.25) is 14.9 Å². The Bertz CT molecular complexity index is 797. The van der Waals surface area contributed by atoms with Crippen molar-refractivity contribution in [3.05, 3.63) is 60.2 Å². The maximum absolute atomic E-state index is 11.8. The number of amides is 1. The van der Waals surface area contributed by atoms with Gasteiger partial charge in [-0.05, 0) is 17.7 Å². The van der Waals surface area contributed by atoms with E-state index in [9.17, 15) is 9.59 Å². The van der Waals surface area contributed by atoms with Crippen LogP contribution in [0.5, 0.6) is 0 Å². The van der Waals surface area contributed by atoms with E-state index in [-0.39, 0.29) is 13.0 Å². The molecule has 0 aliphatic rings. The number of carbonyl (C=O) groups is 2. The Morgan fingerprint density at radius 3 is 2.57 bits per heavy atom. The monoisotopic (exact) mass is 326 g/mol. The third kappa shape index (κ3) is 4.14. The molecule has 3 rings (SSSR count). The molecule has 1 heterocycles. The molecule has 0 radical (unpaired) electrons. The van der Waals surface area contributed by atoms with Gasteiger partial charge in [-0.1, -0.05) is 53.8 Å². The molecule has 0 atom stereocenters. The summed E-state index contributed by atoms with van der Waals surface area (Å²) in [5, 5.41) is 3.14. The number of fused-ring (bicyclic) bond motifs is 1. The molecule has 6 heteroatoms. The van der Waals surface area contributed by atoms with Crippen LogP contribution in [0.25, 0.3) is 10.2 Å². The van der Waals surface area contributed by atoms with Crippen LogP contribution in [0.15, 0.2) is 54.6 Å². The number of rotatable bonds is 5. The van der Waals surface area contributed by atoms with Gasteiger partial charge < -0.3 is 4.74 Å². The highest BCUT2D eigenvalue weighted by Crippen LogP contribution is 2.25. The maximum Gasteiger partial charge on any atom is 0.310 e. The SMILES string of the molecule is O=C(COC(=O)Cc1ccccc1)Nc1nc2ccccc2s1. The van der Waals surface area contributed by atoms with Crippen LogP contribution in [0.4, 0.5) is 5.13 Å². The van der Waals surface area contributed by atoms with Crippen molar-refractivity contribution >= 4 is 38.6 Å². The van der Waals surface area contributed by atoms with Crippen LogP contribution in [-0.2, 0) is 20.7 Å². The van der Waals surface area contributed by atoms with Crippen molar-refractivity contribution in [2.45, 2.75) is 6.42 Å². The quantitative estimate of drug-likeness (QED) is 0.732. The summed E-state index contributed by atoms with van der Waals surface area (Å²) in [4.78, 5) is 27.8. The van der Waals surface area contributed by atoms with Gasteiger partial charge in [-0.25, -0.2) is 4.98 Å². The molecule has 0 saturated heterocycles. The molecule has 1 aromatic heterocycles. The molecule has 5 nitrogen and oxygen atoms in total. The molecular formula is C17H14N2O3S. The van der Waals surface area contributed by atoms with Gasteiger partial charge in [0.2, 0.25) is 0 Å². The molecular weight excluding hydrogens is 312 g/mol. The zero-order chi connectivity index (χ0) is 16.1. The minimum Gasteiger partial charge on any atom is -0.455 e. The van der Waals surface area contributed by atoms with E-state index in [0.29, 0.717) is 5.13 Å². The molecule has 0 saturated carbocycles. The van der Waals surface area contributed by atoms with Crippen LogP contribution in [0, 0.1) is 0 Å². The van der Waals surface area contributed by atoms with Crippen molar-refractivity contribution in [3.8, 4) is 0 Å². The van der Waals surface area contributed by atoms with E-state index < -0.39 is 11.9 Å². The van der Waals surface area contributed by atoms with E-state index >= 15 is 0 Å². The first-order chi connectivity index (χ1) is 11.2. The van der Waals surface area contributed by atoms with Gasteiger partial charge in [0.15, 0.2) is 11.7 Å². The summed E-state index contributed by atoms with van der Waals surface area (Å²) in [5.41, 5.74) is 1.68. The molecule has 0 aliphatic heterocycles. The van der Waals surface area contributed by atoms with Crippen LogP contribution in [-0.4, -0.2) is 23.5 Å². The number of para-hydroxylation sites is 1. The normalized spacial score (nSPS) is 10.4. The summed E-state index contributed by atoms with van der Waals surface area (Å²) in [7, 11) is 0. The Hall–Kier alpha value is -2.73. The molecule has 1 N–H and O–H groups in total. The highest BCUT2D eigenvalue weighted by molar-refractivity contribution is 7.22. The van der Waals surface area contributed by atoms with E-state index in [1.165, 1.54) is 11.3 Å². The summed E-state index contributed by atoms with van der Waals surface area (Å²) in [5.74, 6) is -0.832. The number of anilines is 1. The fraction of sp³-hybridized carbons (Fsp3) is 0.118. The van der Waals surface area contributed by atoms with E-state index in [4.69, 9.17) is 4.74 Å². The number of hydrogen-bond acceptors (Lipinski definition) is 5. The highest BCUT2D eigenvalue weighted by Gasteiger charge is 2.11. The first-order valence-corrected chi connectivity index (χ1v) is 7.87. The van der Waals surface area contributed by atoms with Gasteiger partial charge in [0, 0.05) is 0 Å². The third-order valence-corrected chi connectivity index (χ3v) is 4.05. The number of carbonyl (C=O) groups excluding carboxylic acids is 2. The molecule has 1 amide bonds. The molecule has 23 heavy (non-hydrogen) atoms. The number of nitrogens with zero attached hydrogens (tertiary/aromatic N) is 1. The largest absolute Gasteiger partial charge is 0.455 e. The van der Waals surface area contributed by atoms with Gasteiger partial charge in [0.25, 0.3) is 5.91 Å². The lowest BCUT2D eigenvalue weighted by Crippen LogP contribution is -2.21. The lowest BCUT2D eigenvalue weighted by molar-refractivity contribution is -0.146. The van der Waals surface area contributed by atoms with E-state index in [2.05, 4.69) is 10.3 Å². The number of esters is 1. The summed E-state index contributed by atoms with van der Waals surface area (Å²) in [6.07, 6.45) is 0.148. The van der Waals surface area contributed by atoms with Gasteiger partial charge >= 0.3 is 5.97 Å². The van der Waals surface area contributed by atoms with Gasteiger partial charge in [0.1, 0.15) is 0 Å². The second-order valence-corrected chi connectivity index (χ2v) is 5.89. The number of hydrogen-bond donors (Lipinski definition) is 1. The summed E-state index contributed by atoms with van der Waals surface area (Å²) in [6, 6.07) is 16.9. The molecule has 0 bridgehead atoms. The van der Waals surface area contributed by atoms with Crippen LogP contribution < -0.4 is 5.32 Å². The van der Waals surface area contributed by atoms with E-state index in [1.54, 1.807) is 0 Å². The molecule has 0 unspecified atom stereocenters. The zero-order valence-electron chi connectivity index (χ0n) is 12.2. The predicted octanol–water partition coefficient (Wildman–Crippen LogP) is 3.02. The predicted molar refractivity (Wildman–Crippen MR) is 89.4 cm³/mol. The Morgan fingerprint density at radius 2 is 1.78 bits per heavy atom. The minimum atomic E-state index is -0.435. The smallest absolute Gasteiger partial charge is 0.310 e. The lowest BCUT2D eigenvalue weighted by atomic mass is 10.2. The van der Waals surface area contributed by atoms with Crippen molar-refractivity contribution in [1.82, 2.24) is 4.98 Å². The number of ether oxygens (including phenoxy) is 1. The first-order valence-electron chi connectivity index (χ1n) is 7.06. The summed E-state index contributed by atoms with van der Waals surface area (Å²) < 4.78 is 5.97. The fourth-order valence-electron chi connectivity index (χ4n) is 2.04. The molecule has 0 aliphatic carbocycles. The van der Waals surface area contributed by atoms with Crippen LogP contribution >= 0.6 is 11.3 Å². The third-order valence-electron chi connectivity index (χ3n) is 3.10. The van der Waals surface area contributed by atoms with Gasteiger partial charge in [-0.2, -0.15) is 0 Å². The van der Waals surface area contributed by atoms with Gasteiger partial charge in [0.05, 0.1) is 16.6 Å². The number of nitrogens with one attached hydrogen (secondary N) is 1. The average Bonchev–Trinajstić information content (AvgIpc) is 2.96.